The Morgan fingerprint density at radius 1 is 1.28 bits per heavy atom. The molecule has 1 rings (SSSR count). The first-order valence-corrected chi connectivity index (χ1v) is 10.8. The summed E-state index contributed by atoms with van der Waals surface area (Å²) in [5.41, 5.74) is -0.205. The molecule has 0 spiro atoms. The van der Waals surface area contributed by atoms with Crippen LogP contribution in [0.25, 0.3) is 0 Å². The third kappa shape index (κ3) is 3.99. The maximum absolute atomic E-state index is 11.6. The highest BCUT2D eigenvalue weighted by atomic mass is 28.2. The maximum Gasteiger partial charge on any atom is 0.161 e. The molecule has 1 saturated carbocycles. The molecule has 6 heteroatoms. The minimum atomic E-state index is -0.546. The molecule has 1 aliphatic carbocycles. The van der Waals surface area contributed by atoms with Crippen LogP contribution in [0.2, 0.25) is 13.1 Å². The van der Waals surface area contributed by atoms with Gasteiger partial charge in [-0.15, -0.1) is 0 Å². The minimum absolute atomic E-state index is 0.153. The molecular weight excluding hydrogens is 264 g/mol. The second-order valence-corrected chi connectivity index (χ2v) is 7.42. The molecule has 4 nitrogen and oxygen atoms in total. The predicted molar refractivity (Wildman–Crippen MR) is 76.9 cm³/mol. The van der Waals surface area contributed by atoms with Crippen LogP contribution in [0.1, 0.15) is 33.1 Å². The van der Waals surface area contributed by atoms with Crippen molar-refractivity contribution in [1.82, 2.24) is 0 Å². The third-order valence-electron chi connectivity index (χ3n) is 3.79. The average Bonchev–Trinajstić information content (AvgIpc) is 2.27. The van der Waals surface area contributed by atoms with Crippen LogP contribution in [0.4, 0.5) is 0 Å². The van der Waals surface area contributed by atoms with Gasteiger partial charge in [0, 0.05) is 18.3 Å². The van der Waals surface area contributed by atoms with E-state index in [9.17, 15) is 9.90 Å². The Morgan fingerprint density at radius 3 is 2.28 bits per heavy atom. The average molecular weight is 291 g/mol. The van der Waals surface area contributed by atoms with Gasteiger partial charge < -0.3 is 14.0 Å². The maximum atomic E-state index is 11.6. The Kier molecular flexibility index (Phi) is 6.19. The normalized spacial score (nSPS) is 28.6. The van der Waals surface area contributed by atoms with Crippen molar-refractivity contribution >= 4 is 25.3 Å². The highest BCUT2D eigenvalue weighted by Crippen LogP contribution is 2.41. The summed E-state index contributed by atoms with van der Waals surface area (Å²) in [4.78, 5) is 11.6. The molecule has 0 radical (unpaired) electrons. The summed E-state index contributed by atoms with van der Waals surface area (Å²) in [5.74, 6) is 0.313. The molecule has 0 saturated heterocycles. The fourth-order valence-corrected chi connectivity index (χ4v) is 4.51. The SMILES string of the molecule is C[SiH2]OC(O[SiH2]C)C(C)(C)[C@H]1CC(=O)C[C@@H](O)C1. The van der Waals surface area contributed by atoms with Crippen LogP contribution in [0, 0.1) is 11.3 Å². The van der Waals surface area contributed by atoms with Crippen LogP contribution in [-0.4, -0.2) is 42.8 Å². The van der Waals surface area contributed by atoms with E-state index in [1.54, 1.807) is 0 Å². The van der Waals surface area contributed by atoms with Gasteiger partial charge in [-0.2, -0.15) is 0 Å². The molecule has 1 fully saturated rings. The lowest BCUT2D eigenvalue weighted by Gasteiger charge is -2.43. The van der Waals surface area contributed by atoms with Crippen molar-refractivity contribution in [2.75, 3.05) is 0 Å². The first-order chi connectivity index (χ1) is 8.41. The van der Waals surface area contributed by atoms with Gasteiger partial charge in [0.05, 0.1) is 6.10 Å². The van der Waals surface area contributed by atoms with E-state index < -0.39 is 25.6 Å². The second kappa shape index (κ2) is 6.95. The molecule has 0 heterocycles. The van der Waals surface area contributed by atoms with Gasteiger partial charge in [0.1, 0.15) is 12.1 Å². The van der Waals surface area contributed by atoms with Gasteiger partial charge in [0.2, 0.25) is 0 Å². The van der Waals surface area contributed by atoms with Crippen LogP contribution in [-0.2, 0) is 13.6 Å². The lowest BCUT2D eigenvalue weighted by atomic mass is 9.69. The van der Waals surface area contributed by atoms with Crippen LogP contribution in [0.15, 0.2) is 0 Å². The fourth-order valence-electron chi connectivity index (χ4n) is 2.66. The Balaban J connectivity index is 2.77. The fraction of sp³-hybridized carbons (Fsp3) is 0.917. The molecular formula is C12H26O4Si2. The first-order valence-electron chi connectivity index (χ1n) is 6.84. The zero-order valence-electron chi connectivity index (χ0n) is 11.9. The molecule has 0 bridgehead atoms. The second-order valence-electron chi connectivity index (χ2n) is 5.60. The van der Waals surface area contributed by atoms with Gasteiger partial charge in [0.15, 0.2) is 19.5 Å². The summed E-state index contributed by atoms with van der Waals surface area (Å²) in [7, 11) is -1.09. The van der Waals surface area contributed by atoms with E-state index in [0.717, 1.165) is 0 Å². The van der Waals surface area contributed by atoms with Crippen molar-refractivity contribution < 1.29 is 18.8 Å². The standard InChI is InChI=1S/C12H26O4Si2/c1-12(2,11(15-17-3)16-18-4)8-5-9(13)7-10(14)6-8/h8-9,11,13H,5-7,17-18H2,1-4H3/t8-,9+/m1/s1. The number of hydrogen-bond acceptors (Lipinski definition) is 4. The molecule has 0 aromatic rings. The van der Waals surface area contributed by atoms with Crippen molar-refractivity contribution in [3.05, 3.63) is 0 Å². The minimum Gasteiger partial charge on any atom is -0.400 e. The zero-order chi connectivity index (χ0) is 13.8. The Bertz CT molecular complexity index is 277. The third-order valence-corrected chi connectivity index (χ3v) is 5.06. The molecule has 0 amide bonds. The van der Waals surface area contributed by atoms with Crippen molar-refractivity contribution in [2.45, 2.75) is 58.6 Å². The molecule has 0 aliphatic heterocycles. The van der Waals surface area contributed by atoms with E-state index in [1.807, 2.05) is 0 Å². The molecule has 1 aliphatic rings. The van der Waals surface area contributed by atoms with Crippen LogP contribution in [0.5, 0.6) is 0 Å². The van der Waals surface area contributed by atoms with Gasteiger partial charge in [0.25, 0.3) is 0 Å². The summed E-state index contributed by atoms with van der Waals surface area (Å²) in [6.07, 6.45) is 0.842. The molecule has 0 unspecified atom stereocenters. The number of hydrogen-bond donors (Lipinski definition) is 1. The van der Waals surface area contributed by atoms with Crippen LogP contribution >= 0.6 is 0 Å². The number of aliphatic hydroxyl groups excluding tert-OH is 1. The van der Waals surface area contributed by atoms with E-state index in [2.05, 4.69) is 26.9 Å². The number of carbonyl (C=O) groups excluding carboxylic acids is 1. The van der Waals surface area contributed by atoms with E-state index in [-0.39, 0.29) is 23.4 Å². The van der Waals surface area contributed by atoms with Crippen molar-refractivity contribution in [2.24, 2.45) is 11.3 Å². The summed E-state index contributed by atoms with van der Waals surface area (Å²) in [5, 5.41) is 9.77. The Labute approximate surface area is 114 Å². The Morgan fingerprint density at radius 2 is 1.83 bits per heavy atom. The molecule has 2 atom stereocenters. The molecule has 106 valence electrons. The number of rotatable bonds is 6. The molecule has 18 heavy (non-hydrogen) atoms. The summed E-state index contributed by atoms with van der Waals surface area (Å²) >= 11 is 0. The smallest absolute Gasteiger partial charge is 0.161 e. The summed E-state index contributed by atoms with van der Waals surface area (Å²) in [6, 6.07) is 0. The number of ketones is 1. The van der Waals surface area contributed by atoms with Crippen molar-refractivity contribution in [1.29, 1.82) is 0 Å². The van der Waals surface area contributed by atoms with Crippen LogP contribution < -0.4 is 0 Å². The highest BCUT2D eigenvalue weighted by molar-refractivity contribution is 6.26. The largest absolute Gasteiger partial charge is 0.400 e. The first kappa shape index (κ1) is 16.0. The molecule has 1 N–H and O–H groups in total. The van der Waals surface area contributed by atoms with Crippen molar-refractivity contribution in [3.8, 4) is 0 Å². The van der Waals surface area contributed by atoms with E-state index in [0.29, 0.717) is 19.3 Å². The lowest BCUT2D eigenvalue weighted by Crippen LogP contribution is -2.45. The van der Waals surface area contributed by atoms with Gasteiger partial charge in [-0.25, -0.2) is 0 Å². The quantitative estimate of drug-likeness (QED) is 0.567. The van der Waals surface area contributed by atoms with E-state index in [4.69, 9.17) is 8.85 Å². The van der Waals surface area contributed by atoms with Crippen molar-refractivity contribution in [3.63, 3.8) is 0 Å². The monoisotopic (exact) mass is 290 g/mol. The van der Waals surface area contributed by atoms with E-state index in [1.165, 1.54) is 0 Å². The number of Topliss-reactive ketones (excluding diaryl/α,β-unsaturated/α-hetero) is 1. The predicted octanol–water partition coefficient (Wildman–Crippen LogP) is 0.366. The Hall–Kier alpha value is -0.0162. The molecule has 0 aromatic carbocycles. The van der Waals surface area contributed by atoms with Gasteiger partial charge in [-0.05, 0) is 12.3 Å². The van der Waals surface area contributed by atoms with Gasteiger partial charge in [-0.1, -0.05) is 26.9 Å². The number of aliphatic hydroxyl groups is 1. The summed E-state index contributed by atoms with van der Waals surface area (Å²) in [6.45, 7) is 8.37. The lowest BCUT2D eigenvalue weighted by molar-refractivity contribution is -0.139. The topological polar surface area (TPSA) is 55.8 Å². The summed E-state index contributed by atoms with van der Waals surface area (Å²) < 4.78 is 11.7. The van der Waals surface area contributed by atoms with Gasteiger partial charge in [-0.3, -0.25) is 4.79 Å². The zero-order valence-corrected chi connectivity index (χ0v) is 14.8. The molecule has 0 aromatic heterocycles. The highest BCUT2D eigenvalue weighted by Gasteiger charge is 2.42. The number of carbonyl (C=O) groups is 1. The van der Waals surface area contributed by atoms with Crippen LogP contribution in [0.3, 0.4) is 0 Å². The van der Waals surface area contributed by atoms with Gasteiger partial charge >= 0.3 is 0 Å². The van der Waals surface area contributed by atoms with E-state index >= 15 is 0 Å².